The van der Waals surface area contributed by atoms with Crippen LogP contribution in [0.25, 0.3) is 0 Å². The van der Waals surface area contributed by atoms with E-state index in [4.69, 9.17) is 0 Å². The number of hydrogen-bond donors (Lipinski definition) is 1. The fraction of sp³-hybridized carbons (Fsp3) is 0.455. The minimum atomic E-state index is -0.830. The molecule has 0 saturated carbocycles. The van der Waals surface area contributed by atoms with Crippen LogP contribution >= 0.6 is 0 Å². The first-order chi connectivity index (χ1) is 6.77. The van der Waals surface area contributed by atoms with Gasteiger partial charge in [0, 0.05) is 11.4 Å². The molecular formula is C11H15NOS. The molecule has 0 aromatic heterocycles. The highest BCUT2D eigenvalue weighted by atomic mass is 32.2. The maximum Gasteiger partial charge on any atom is 0.0574 e. The Labute approximate surface area is 87.2 Å². The monoisotopic (exact) mass is 209 g/mol. The molecule has 1 saturated heterocycles. The van der Waals surface area contributed by atoms with E-state index in [1.165, 1.54) is 5.56 Å². The lowest BCUT2D eigenvalue weighted by atomic mass is 10.2. The molecule has 0 amide bonds. The van der Waals surface area contributed by atoms with Crippen molar-refractivity contribution < 1.29 is 4.21 Å². The van der Waals surface area contributed by atoms with E-state index >= 15 is 0 Å². The van der Waals surface area contributed by atoms with Crippen LogP contribution in [0.5, 0.6) is 0 Å². The molecule has 2 unspecified atom stereocenters. The van der Waals surface area contributed by atoms with Crippen molar-refractivity contribution in [3.8, 4) is 0 Å². The van der Waals surface area contributed by atoms with Crippen LogP contribution in [0, 0.1) is 6.92 Å². The second-order valence-electron chi connectivity index (χ2n) is 3.73. The predicted octanol–water partition coefficient (Wildman–Crippen LogP) is 1.46. The first-order valence-electron chi connectivity index (χ1n) is 4.95. The highest BCUT2D eigenvalue weighted by Crippen LogP contribution is 2.16. The van der Waals surface area contributed by atoms with E-state index in [0.29, 0.717) is 5.25 Å². The fourth-order valence-corrected chi connectivity index (χ4v) is 3.07. The van der Waals surface area contributed by atoms with Crippen molar-refractivity contribution in [3.63, 3.8) is 0 Å². The van der Waals surface area contributed by atoms with Crippen LogP contribution < -0.4 is 5.32 Å². The predicted molar refractivity (Wildman–Crippen MR) is 58.9 cm³/mol. The summed E-state index contributed by atoms with van der Waals surface area (Å²) in [6.45, 7) is 3.94. The Kier molecular flexibility index (Phi) is 2.99. The molecular weight excluding hydrogens is 194 g/mol. The molecule has 1 aliphatic heterocycles. The number of nitrogens with one attached hydrogen (secondary N) is 1. The summed E-state index contributed by atoms with van der Waals surface area (Å²) in [7, 11) is -0.830. The van der Waals surface area contributed by atoms with Crippen molar-refractivity contribution in [2.24, 2.45) is 0 Å². The summed E-state index contributed by atoms with van der Waals surface area (Å²) in [5, 5.41) is 3.54. The third-order valence-corrected chi connectivity index (χ3v) is 4.32. The third-order valence-electron chi connectivity index (χ3n) is 2.57. The Morgan fingerprint density at radius 3 is 2.64 bits per heavy atom. The van der Waals surface area contributed by atoms with Crippen molar-refractivity contribution in [1.82, 2.24) is 5.32 Å². The maximum atomic E-state index is 12.0. The minimum absolute atomic E-state index is 0.303. The lowest BCUT2D eigenvalue weighted by Crippen LogP contribution is -2.18. The van der Waals surface area contributed by atoms with Crippen LogP contribution in [-0.4, -0.2) is 22.5 Å². The van der Waals surface area contributed by atoms with Gasteiger partial charge in [-0.2, -0.15) is 0 Å². The number of rotatable bonds is 2. The Balaban J connectivity index is 2.14. The van der Waals surface area contributed by atoms with E-state index in [-0.39, 0.29) is 0 Å². The smallest absolute Gasteiger partial charge is 0.0574 e. The largest absolute Gasteiger partial charge is 0.315 e. The highest BCUT2D eigenvalue weighted by Gasteiger charge is 2.21. The Bertz CT molecular complexity index is 328. The summed E-state index contributed by atoms with van der Waals surface area (Å²) in [5.74, 6) is 0. The number of aryl methyl sites for hydroxylation is 1. The summed E-state index contributed by atoms with van der Waals surface area (Å²) in [5.41, 5.74) is 1.22. The van der Waals surface area contributed by atoms with E-state index in [1.807, 2.05) is 31.2 Å². The second kappa shape index (κ2) is 4.24. The highest BCUT2D eigenvalue weighted by molar-refractivity contribution is 7.85. The van der Waals surface area contributed by atoms with E-state index in [1.54, 1.807) is 0 Å². The van der Waals surface area contributed by atoms with Gasteiger partial charge in [-0.3, -0.25) is 4.21 Å². The van der Waals surface area contributed by atoms with Gasteiger partial charge in [0.1, 0.15) is 0 Å². The summed E-state index contributed by atoms with van der Waals surface area (Å²) in [4.78, 5) is 0.962. The van der Waals surface area contributed by atoms with Crippen molar-refractivity contribution >= 4 is 10.8 Å². The van der Waals surface area contributed by atoms with Gasteiger partial charge in [0.2, 0.25) is 0 Å². The van der Waals surface area contributed by atoms with Gasteiger partial charge >= 0.3 is 0 Å². The van der Waals surface area contributed by atoms with Crippen LogP contribution in [0.2, 0.25) is 0 Å². The van der Waals surface area contributed by atoms with Crippen LogP contribution in [-0.2, 0) is 10.8 Å². The molecule has 1 aliphatic rings. The minimum Gasteiger partial charge on any atom is -0.315 e. The van der Waals surface area contributed by atoms with Gasteiger partial charge in [-0.25, -0.2) is 0 Å². The normalized spacial score (nSPS) is 23.6. The molecule has 0 aliphatic carbocycles. The molecule has 1 heterocycles. The lowest BCUT2D eigenvalue weighted by molar-refractivity contribution is 0.672. The molecule has 1 aromatic carbocycles. The average molecular weight is 209 g/mol. The van der Waals surface area contributed by atoms with Gasteiger partial charge < -0.3 is 5.32 Å². The van der Waals surface area contributed by atoms with E-state index in [0.717, 1.165) is 24.4 Å². The molecule has 0 spiro atoms. The van der Waals surface area contributed by atoms with Gasteiger partial charge in [-0.1, -0.05) is 17.7 Å². The standard InChI is InChI=1S/C11H15NOS/c1-9-2-4-10(5-3-9)14(13)11-6-7-12-8-11/h2-5,11-12H,6-8H2,1H3. The maximum absolute atomic E-state index is 12.0. The van der Waals surface area contributed by atoms with Crippen molar-refractivity contribution in [1.29, 1.82) is 0 Å². The Morgan fingerprint density at radius 1 is 1.36 bits per heavy atom. The molecule has 3 heteroatoms. The van der Waals surface area contributed by atoms with Crippen LogP contribution in [0.15, 0.2) is 29.2 Å². The van der Waals surface area contributed by atoms with Crippen molar-refractivity contribution in [2.45, 2.75) is 23.5 Å². The first kappa shape index (κ1) is 9.87. The lowest BCUT2D eigenvalue weighted by Gasteiger charge is -2.08. The van der Waals surface area contributed by atoms with Crippen molar-refractivity contribution in [2.75, 3.05) is 13.1 Å². The SMILES string of the molecule is Cc1ccc(S(=O)C2CCNC2)cc1. The first-order valence-corrected chi connectivity index (χ1v) is 6.16. The molecule has 14 heavy (non-hydrogen) atoms. The zero-order chi connectivity index (χ0) is 9.97. The van der Waals surface area contributed by atoms with Gasteiger partial charge in [-0.15, -0.1) is 0 Å². The quantitative estimate of drug-likeness (QED) is 0.799. The zero-order valence-corrected chi connectivity index (χ0v) is 9.14. The molecule has 1 aromatic rings. The van der Waals surface area contributed by atoms with Gasteiger partial charge in [0.15, 0.2) is 0 Å². The van der Waals surface area contributed by atoms with E-state index in [9.17, 15) is 4.21 Å². The second-order valence-corrected chi connectivity index (χ2v) is 5.46. The average Bonchev–Trinajstić information content (AvgIpc) is 2.71. The zero-order valence-electron chi connectivity index (χ0n) is 8.32. The summed E-state index contributed by atoms with van der Waals surface area (Å²) in [6.07, 6.45) is 1.03. The summed E-state index contributed by atoms with van der Waals surface area (Å²) >= 11 is 0. The van der Waals surface area contributed by atoms with Crippen molar-refractivity contribution in [3.05, 3.63) is 29.8 Å². The number of hydrogen-bond acceptors (Lipinski definition) is 2. The van der Waals surface area contributed by atoms with E-state index < -0.39 is 10.8 Å². The van der Waals surface area contributed by atoms with Gasteiger partial charge in [0.25, 0.3) is 0 Å². The van der Waals surface area contributed by atoms with Crippen LogP contribution in [0.1, 0.15) is 12.0 Å². The molecule has 0 bridgehead atoms. The molecule has 76 valence electrons. The molecule has 2 nitrogen and oxygen atoms in total. The van der Waals surface area contributed by atoms with Crippen LogP contribution in [0.4, 0.5) is 0 Å². The molecule has 1 N–H and O–H groups in total. The van der Waals surface area contributed by atoms with E-state index in [2.05, 4.69) is 5.32 Å². The molecule has 2 atom stereocenters. The summed E-state index contributed by atoms with van der Waals surface area (Å²) in [6, 6.07) is 8.00. The number of benzene rings is 1. The topological polar surface area (TPSA) is 29.1 Å². The molecule has 1 fully saturated rings. The Hall–Kier alpha value is -0.670. The Morgan fingerprint density at radius 2 is 2.07 bits per heavy atom. The molecule has 2 rings (SSSR count). The van der Waals surface area contributed by atoms with Gasteiger partial charge in [-0.05, 0) is 32.0 Å². The third kappa shape index (κ3) is 2.04. The summed E-state index contributed by atoms with van der Waals surface area (Å²) < 4.78 is 12.0. The molecule has 0 radical (unpaired) electrons. The van der Waals surface area contributed by atoms with Crippen LogP contribution in [0.3, 0.4) is 0 Å². The fourth-order valence-electron chi connectivity index (χ4n) is 1.68. The van der Waals surface area contributed by atoms with Gasteiger partial charge in [0.05, 0.1) is 16.0 Å².